The van der Waals surface area contributed by atoms with Gasteiger partial charge < -0.3 is 9.47 Å². The third kappa shape index (κ3) is 2.42. The largest absolute Gasteiger partial charge is 0.318 e. The molecule has 1 aromatic carbocycles. The van der Waals surface area contributed by atoms with Crippen LogP contribution in [0.5, 0.6) is 0 Å². The molecule has 0 fully saturated rings. The van der Waals surface area contributed by atoms with Crippen molar-refractivity contribution in [3.63, 3.8) is 0 Å². The lowest BCUT2D eigenvalue weighted by Gasteiger charge is -2.24. The fourth-order valence-corrected chi connectivity index (χ4v) is 4.55. The Morgan fingerprint density at radius 3 is 2.81 bits per heavy atom. The molecule has 0 saturated heterocycles. The van der Waals surface area contributed by atoms with E-state index in [0.29, 0.717) is 0 Å². The van der Waals surface area contributed by atoms with Gasteiger partial charge in [0.2, 0.25) is 0 Å². The third-order valence-corrected chi connectivity index (χ3v) is 5.91. The SMILES string of the molecule is Cc1ccc2c(c1)c1c(n2C=C2CCc3nc(C)ccc32)CN(C)CC1. The van der Waals surface area contributed by atoms with Crippen LogP contribution in [0.4, 0.5) is 0 Å². The van der Waals surface area contributed by atoms with Crippen molar-refractivity contribution >= 4 is 22.7 Å². The van der Waals surface area contributed by atoms with E-state index in [4.69, 9.17) is 4.98 Å². The maximum absolute atomic E-state index is 4.75. The molecule has 1 aliphatic carbocycles. The van der Waals surface area contributed by atoms with Gasteiger partial charge in [0.15, 0.2) is 0 Å². The van der Waals surface area contributed by atoms with E-state index in [1.54, 1.807) is 5.56 Å². The van der Waals surface area contributed by atoms with Crippen molar-refractivity contribution in [3.8, 4) is 0 Å². The monoisotopic (exact) mass is 343 g/mol. The lowest BCUT2D eigenvalue weighted by Crippen LogP contribution is -2.27. The Morgan fingerprint density at radius 1 is 1.04 bits per heavy atom. The molecular weight excluding hydrogens is 318 g/mol. The summed E-state index contributed by atoms with van der Waals surface area (Å²) in [5, 5.41) is 1.44. The topological polar surface area (TPSA) is 21.1 Å². The second kappa shape index (κ2) is 5.82. The molecular formula is C23H25N3. The van der Waals surface area contributed by atoms with Gasteiger partial charge in [0.1, 0.15) is 0 Å². The van der Waals surface area contributed by atoms with E-state index in [0.717, 1.165) is 38.0 Å². The highest BCUT2D eigenvalue weighted by atomic mass is 15.1. The zero-order valence-electron chi connectivity index (χ0n) is 15.8. The predicted octanol–water partition coefficient (Wildman–Crippen LogP) is 4.59. The number of pyridine rings is 1. The lowest BCUT2D eigenvalue weighted by atomic mass is 10.0. The van der Waals surface area contributed by atoms with Crippen LogP contribution in [0.1, 0.15) is 40.2 Å². The van der Waals surface area contributed by atoms with Crippen molar-refractivity contribution in [3.05, 3.63) is 64.1 Å². The molecule has 0 saturated carbocycles. The zero-order chi connectivity index (χ0) is 17.8. The first-order valence-corrected chi connectivity index (χ1v) is 9.58. The number of likely N-dealkylation sites (N-methyl/N-ethyl adjacent to an activating group) is 1. The number of hydrogen-bond donors (Lipinski definition) is 0. The molecule has 3 heteroatoms. The molecule has 0 N–H and O–H groups in total. The van der Waals surface area contributed by atoms with Crippen molar-refractivity contribution in [1.29, 1.82) is 0 Å². The highest BCUT2D eigenvalue weighted by Gasteiger charge is 2.23. The van der Waals surface area contributed by atoms with Crippen molar-refractivity contribution in [2.45, 2.75) is 39.7 Å². The van der Waals surface area contributed by atoms with Gasteiger partial charge in [0.05, 0.1) is 5.52 Å². The molecule has 0 radical (unpaired) electrons. The Hall–Kier alpha value is -2.39. The van der Waals surface area contributed by atoms with Gasteiger partial charge in [-0.15, -0.1) is 0 Å². The molecule has 5 rings (SSSR count). The van der Waals surface area contributed by atoms with Crippen LogP contribution in [0.25, 0.3) is 22.7 Å². The van der Waals surface area contributed by atoms with Gasteiger partial charge in [0.25, 0.3) is 0 Å². The molecule has 3 nitrogen and oxygen atoms in total. The third-order valence-electron chi connectivity index (χ3n) is 5.91. The van der Waals surface area contributed by atoms with Gasteiger partial charge in [-0.3, -0.25) is 4.98 Å². The first-order valence-electron chi connectivity index (χ1n) is 9.58. The normalized spacial score (nSPS) is 18.5. The van der Waals surface area contributed by atoms with Crippen LogP contribution in [0.15, 0.2) is 30.3 Å². The Bertz CT molecular complexity index is 1050. The van der Waals surface area contributed by atoms with Gasteiger partial charge in [-0.05, 0) is 69.5 Å². The number of benzene rings is 1. The molecule has 0 unspecified atom stereocenters. The summed E-state index contributed by atoms with van der Waals surface area (Å²) in [5.41, 5.74) is 10.8. The molecule has 3 aromatic rings. The van der Waals surface area contributed by atoms with Crippen LogP contribution < -0.4 is 0 Å². The summed E-state index contributed by atoms with van der Waals surface area (Å²) in [7, 11) is 2.22. The quantitative estimate of drug-likeness (QED) is 0.644. The molecule has 2 aromatic heterocycles. The minimum absolute atomic E-state index is 1.02. The minimum atomic E-state index is 1.02. The molecule has 26 heavy (non-hydrogen) atoms. The first kappa shape index (κ1) is 15.8. The smallest absolute Gasteiger partial charge is 0.0529 e. The fourth-order valence-electron chi connectivity index (χ4n) is 4.55. The number of hydrogen-bond acceptors (Lipinski definition) is 2. The highest BCUT2D eigenvalue weighted by Crippen LogP contribution is 2.36. The number of allylic oxidation sites excluding steroid dienone is 1. The average molecular weight is 343 g/mol. The number of rotatable bonds is 1. The molecule has 132 valence electrons. The van der Waals surface area contributed by atoms with Crippen LogP contribution in [-0.4, -0.2) is 28.0 Å². The Kier molecular flexibility index (Phi) is 3.54. The van der Waals surface area contributed by atoms with Crippen LogP contribution >= 0.6 is 0 Å². The fraction of sp³-hybridized carbons (Fsp3) is 0.348. The summed E-state index contributed by atoms with van der Waals surface area (Å²) >= 11 is 0. The highest BCUT2D eigenvalue weighted by molar-refractivity contribution is 5.91. The van der Waals surface area contributed by atoms with Crippen LogP contribution in [0.3, 0.4) is 0 Å². The molecule has 3 heterocycles. The molecule has 0 spiro atoms. The first-order chi connectivity index (χ1) is 12.6. The summed E-state index contributed by atoms with van der Waals surface area (Å²) in [5.74, 6) is 0. The molecule has 0 amide bonds. The molecule has 0 bridgehead atoms. The summed E-state index contributed by atoms with van der Waals surface area (Å²) < 4.78 is 2.46. The van der Waals surface area contributed by atoms with E-state index in [9.17, 15) is 0 Å². The van der Waals surface area contributed by atoms with Crippen molar-refractivity contribution in [1.82, 2.24) is 14.5 Å². The summed E-state index contributed by atoms with van der Waals surface area (Å²) in [6.07, 6.45) is 5.67. The maximum Gasteiger partial charge on any atom is 0.0529 e. The number of aromatic nitrogens is 2. The Balaban J connectivity index is 1.72. The molecule has 1 aliphatic heterocycles. The van der Waals surface area contributed by atoms with E-state index < -0.39 is 0 Å². The van der Waals surface area contributed by atoms with Crippen molar-refractivity contribution < 1.29 is 0 Å². The second-order valence-corrected chi connectivity index (χ2v) is 7.90. The maximum atomic E-state index is 4.75. The van der Waals surface area contributed by atoms with Gasteiger partial charge in [0, 0.05) is 47.3 Å². The van der Waals surface area contributed by atoms with Crippen LogP contribution in [0.2, 0.25) is 0 Å². The molecule has 0 atom stereocenters. The zero-order valence-corrected chi connectivity index (χ0v) is 15.8. The van der Waals surface area contributed by atoms with E-state index in [1.165, 1.54) is 39.0 Å². The predicted molar refractivity (Wildman–Crippen MR) is 108 cm³/mol. The van der Waals surface area contributed by atoms with E-state index >= 15 is 0 Å². The van der Waals surface area contributed by atoms with Crippen LogP contribution in [-0.2, 0) is 19.4 Å². The summed E-state index contributed by atoms with van der Waals surface area (Å²) in [4.78, 5) is 7.18. The number of nitrogens with zero attached hydrogens (tertiary/aromatic N) is 3. The summed E-state index contributed by atoms with van der Waals surface area (Å²) in [6.45, 7) is 6.43. The average Bonchev–Trinajstić information content (AvgIpc) is 3.14. The number of fused-ring (bicyclic) bond motifs is 4. The van der Waals surface area contributed by atoms with Gasteiger partial charge in [-0.1, -0.05) is 17.7 Å². The second-order valence-electron chi connectivity index (χ2n) is 7.90. The van der Waals surface area contributed by atoms with E-state index in [1.807, 2.05) is 0 Å². The Labute approximate surface area is 155 Å². The summed E-state index contributed by atoms with van der Waals surface area (Å²) in [6, 6.07) is 11.3. The molecule has 2 aliphatic rings. The van der Waals surface area contributed by atoms with Crippen molar-refractivity contribution in [2.75, 3.05) is 13.6 Å². The van der Waals surface area contributed by atoms with Gasteiger partial charge >= 0.3 is 0 Å². The van der Waals surface area contributed by atoms with Gasteiger partial charge in [-0.2, -0.15) is 0 Å². The van der Waals surface area contributed by atoms with E-state index in [2.05, 4.69) is 66.9 Å². The van der Waals surface area contributed by atoms with Crippen LogP contribution in [0, 0.1) is 13.8 Å². The van der Waals surface area contributed by atoms with E-state index in [-0.39, 0.29) is 0 Å². The standard InChI is InChI=1S/C23H25N3/c1-15-4-9-22-20(12-15)19-10-11-25(3)14-23(19)26(22)13-17-6-8-21-18(17)7-5-16(2)24-21/h4-5,7,9,12-13H,6,8,10-11,14H2,1-3H3. The minimum Gasteiger partial charge on any atom is -0.318 e. The lowest BCUT2D eigenvalue weighted by molar-refractivity contribution is 0.308. The number of aryl methyl sites for hydroxylation is 3. The van der Waals surface area contributed by atoms with Gasteiger partial charge in [-0.25, -0.2) is 0 Å². The Morgan fingerprint density at radius 2 is 1.92 bits per heavy atom. The van der Waals surface area contributed by atoms with Crippen molar-refractivity contribution in [2.24, 2.45) is 0 Å².